The van der Waals surface area contributed by atoms with Gasteiger partial charge in [-0.3, -0.25) is 4.79 Å². The molecule has 0 spiro atoms. The van der Waals surface area contributed by atoms with E-state index in [9.17, 15) is 4.79 Å². The first-order valence-electron chi connectivity index (χ1n) is 4.86. The van der Waals surface area contributed by atoms with E-state index in [1.54, 1.807) is 30.1 Å². The number of halogens is 1. The molecule has 0 bridgehead atoms. The molecule has 1 rings (SSSR count). The number of carbonyl (C=O) groups is 1. The molecule has 1 aromatic rings. The molecule has 1 aromatic carbocycles. The Bertz CT molecular complexity index is 366. The molecule has 0 fully saturated rings. The second kappa shape index (κ2) is 5.16. The fraction of sp³-hybridized carbons (Fsp3) is 0.364. The minimum atomic E-state index is 0.0255. The highest BCUT2D eigenvalue weighted by Crippen LogP contribution is 2.21. The van der Waals surface area contributed by atoms with Gasteiger partial charge < -0.3 is 10.6 Å². The van der Waals surface area contributed by atoms with Gasteiger partial charge in [0.2, 0.25) is 0 Å². The molecule has 2 N–H and O–H groups in total. The lowest BCUT2D eigenvalue weighted by molar-refractivity contribution is 0.0795. The van der Waals surface area contributed by atoms with Crippen molar-refractivity contribution in [2.75, 3.05) is 19.3 Å². The predicted molar refractivity (Wildman–Crippen MR) is 65.8 cm³/mol. The summed E-state index contributed by atoms with van der Waals surface area (Å²) in [5.41, 5.74) is 6.95. The Kier molecular flexibility index (Phi) is 4.15. The third-order valence-corrected chi connectivity index (χ3v) is 2.84. The number of benzene rings is 1. The molecule has 0 aliphatic carbocycles. The van der Waals surface area contributed by atoms with Gasteiger partial charge in [0, 0.05) is 29.3 Å². The summed E-state index contributed by atoms with van der Waals surface area (Å²) in [7, 11) is 1.80. The molecule has 0 unspecified atom stereocenters. The van der Waals surface area contributed by atoms with E-state index < -0.39 is 0 Å². The second-order valence-corrected chi connectivity index (χ2v) is 4.32. The van der Waals surface area contributed by atoms with Crippen LogP contribution in [-0.2, 0) is 0 Å². The molecular weight excluding hydrogens is 256 g/mol. The largest absolute Gasteiger partial charge is 0.398 e. The van der Waals surface area contributed by atoms with Crippen molar-refractivity contribution in [3.8, 4) is 0 Å². The van der Waals surface area contributed by atoms with Crippen molar-refractivity contribution in [2.45, 2.75) is 13.3 Å². The molecule has 0 aliphatic rings. The van der Waals surface area contributed by atoms with Crippen LogP contribution in [0.15, 0.2) is 22.7 Å². The van der Waals surface area contributed by atoms with E-state index in [-0.39, 0.29) is 5.91 Å². The number of hydrogen-bond acceptors (Lipinski definition) is 2. The molecule has 3 nitrogen and oxygen atoms in total. The maximum atomic E-state index is 11.9. The Hall–Kier alpha value is -1.03. The zero-order chi connectivity index (χ0) is 11.4. The van der Waals surface area contributed by atoms with Crippen molar-refractivity contribution in [3.63, 3.8) is 0 Å². The Labute approximate surface area is 98.4 Å². The molecule has 0 saturated heterocycles. The lowest BCUT2D eigenvalue weighted by Crippen LogP contribution is -2.27. The van der Waals surface area contributed by atoms with Gasteiger partial charge in [0.05, 0.1) is 0 Å². The van der Waals surface area contributed by atoms with Crippen LogP contribution in [-0.4, -0.2) is 24.4 Å². The van der Waals surface area contributed by atoms with Gasteiger partial charge in [0.1, 0.15) is 0 Å². The summed E-state index contributed by atoms with van der Waals surface area (Å²) in [5, 5.41) is 0. The van der Waals surface area contributed by atoms with E-state index in [0.717, 1.165) is 17.4 Å². The third kappa shape index (κ3) is 2.96. The van der Waals surface area contributed by atoms with Crippen LogP contribution in [0.1, 0.15) is 23.7 Å². The van der Waals surface area contributed by atoms with Gasteiger partial charge in [-0.25, -0.2) is 0 Å². The number of amides is 1. The summed E-state index contributed by atoms with van der Waals surface area (Å²) in [4.78, 5) is 13.6. The van der Waals surface area contributed by atoms with Crippen LogP contribution in [0.25, 0.3) is 0 Å². The molecule has 15 heavy (non-hydrogen) atoms. The predicted octanol–water partition coefficient (Wildman–Crippen LogP) is 2.51. The second-order valence-electron chi connectivity index (χ2n) is 3.46. The van der Waals surface area contributed by atoms with Crippen LogP contribution in [0.2, 0.25) is 0 Å². The molecule has 1 amide bonds. The zero-order valence-corrected chi connectivity index (χ0v) is 10.5. The summed E-state index contributed by atoms with van der Waals surface area (Å²) < 4.78 is 0.762. The Morgan fingerprint density at radius 1 is 1.53 bits per heavy atom. The van der Waals surface area contributed by atoms with Crippen LogP contribution in [0.5, 0.6) is 0 Å². The van der Waals surface area contributed by atoms with Crippen LogP contribution in [0, 0.1) is 0 Å². The number of hydrogen-bond donors (Lipinski definition) is 1. The van der Waals surface area contributed by atoms with Gasteiger partial charge >= 0.3 is 0 Å². The Morgan fingerprint density at radius 3 is 2.73 bits per heavy atom. The highest BCUT2D eigenvalue weighted by molar-refractivity contribution is 9.10. The maximum absolute atomic E-state index is 11.9. The first-order valence-corrected chi connectivity index (χ1v) is 5.66. The van der Waals surface area contributed by atoms with Crippen molar-refractivity contribution >= 4 is 27.5 Å². The van der Waals surface area contributed by atoms with E-state index in [4.69, 9.17) is 5.73 Å². The number of nitrogens with zero attached hydrogens (tertiary/aromatic N) is 1. The highest BCUT2D eigenvalue weighted by Gasteiger charge is 2.11. The summed E-state index contributed by atoms with van der Waals surface area (Å²) in [6, 6.07) is 5.23. The number of rotatable bonds is 3. The number of carbonyl (C=O) groups excluding carboxylic acids is 1. The smallest absolute Gasteiger partial charge is 0.253 e. The molecule has 0 radical (unpaired) electrons. The lowest BCUT2D eigenvalue weighted by atomic mass is 10.2. The topological polar surface area (TPSA) is 46.3 Å². The number of nitrogen functional groups attached to an aromatic ring is 1. The SMILES string of the molecule is CCCN(C)C(=O)c1ccc(N)c(Br)c1. The summed E-state index contributed by atoms with van der Waals surface area (Å²) in [5.74, 6) is 0.0255. The molecule has 0 aliphatic heterocycles. The van der Waals surface area contributed by atoms with Crippen LogP contribution < -0.4 is 5.73 Å². The summed E-state index contributed by atoms with van der Waals surface area (Å²) in [6.45, 7) is 2.81. The Balaban J connectivity index is 2.87. The first kappa shape index (κ1) is 12.0. The normalized spacial score (nSPS) is 10.1. The van der Waals surface area contributed by atoms with Crippen molar-refractivity contribution in [1.82, 2.24) is 4.90 Å². The minimum Gasteiger partial charge on any atom is -0.398 e. The van der Waals surface area contributed by atoms with E-state index in [0.29, 0.717) is 11.3 Å². The van der Waals surface area contributed by atoms with Crippen molar-refractivity contribution < 1.29 is 4.79 Å². The van der Waals surface area contributed by atoms with Crippen LogP contribution >= 0.6 is 15.9 Å². The average molecular weight is 271 g/mol. The van der Waals surface area contributed by atoms with Crippen molar-refractivity contribution in [1.29, 1.82) is 0 Å². The Morgan fingerprint density at radius 2 is 2.20 bits per heavy atom. The maximum Gasteiger partial charge on any atom is 0.253 e. The quantitative estimate of drug-likeness (QED) is 0.858. The minimum absolute atomic E-state index is 0.0255. The highest BCUT2D eigenvalue weighted by atomic mass is 79.9. The van der Waals surface area contributed by atoms with Crippen molar-refractivity contribution in [2.24, 2.45) is 0 Å². The fourth-order valence-electron chi connectivity index (χ4n) is 1.32. The zero-order valence-electron chi connectivity index (χ0n) is 8.96. The van der Waals surface area contributed by atoms with Gasteiger partial charge in [-0.15, -0.1) is 0 Å². The van der Waals surface area contributed by atoms with Crippen molar-refractivity contribution in [3.05, 3.63) is 28.2 Å². The fourth-order valence-corrected chi connectivity index (χ4v) is 1.70. The number of nitrogens with two attached hydrogens (primary N) is 1. The molecule has 0 aromatic heterocycles. The van der Waals surface area contributed by atoms with Gasteiger partial charge in [0.25, 0.3) is 5.91 Å². The van der Waals surface area contributed by atoms with E-state index >= 15 is 0 Å². The average Bonchev–Trinajstić information content (AvgIpc) is 2.21. The van der Waals surface area contributed by atoms with Gasteiger partial charge in [-0.2, -0.15) is 0 Å². The van der Waals surface area contributed by atoms with E-state index in [1.165, 1.54) is 0 Å². The molecular formula is C11H15BrN2O. The van der Waals surface area contributed by atoms with E-state index in [1.807, 2.05) is 6.92 Å². The van der Waals surface area contributed by atoms with E-state index in [2.05, 4.69) is 15.9 Å². The molecule has 0 atom stereocenters. The van der Waals surface area contributed by atoms with Gasteiger partial charge in [-0.1, -0.05) is 6.92 Å². The monoisotopic (exact) mass is 270 g/mol. The molecule has 4 heteroatoms. The van der Waals surface area contributed by atoms with Gasteiger partial charge in [0.15, 0.2) is 0 Å². The lowest BCUT2D eigenvalue weighted by Gasteiger charge is -2.16. The standard InChI is InChI=1S/C11H15BrN2O/c1-3-6-14(2)11(15)8-4-5-10(13)9(12)7-8/h4-5,7H,3,6,13H2,1-2H3. The first-order chi connectivity index (χ1) is 7.06. The summed E-state index contributed by atoms with van der Waals surface area (Å²) >= 11 is 3.31. The molecule has 0 saturated carbocycles. The van der Waals surface area contributed by atoms with Gasteiger partial charge in [-0.05, 0) is 40.5 Å². The van der Waals surface area contributed by atoms with Crippen LogP contribution in [0.3, 0.4) is 0 Å². The van der Waals surface area contributed by atoms with Crippen LogP contribution in [0.4, 0.5) is 5.69 Å². The molecule has 82 valence electrons. The molecule has 0 heterocycles. The summed E-state index contributed by atoms with van der Waals surface area (Å²) in [6.07, 6.45) is 0.957. The number of anilines is 1. The third-order valence-electron chi connectivity index (χ3n) is 2.15.